The molecular weight excluding hydrogens is 232 g/mol. The molecule has 3 aromatic rings. The van der Waals surface area contributed by atoms with Gasteiger partial charge in [-0.25, -0.2) is 4.79 Å². The first-order valence-electron chi connectivity index (χ1n) is 5.34. The molecule has 88 valence electrons. The summed E-state index contributed by atoms with van der Waals surface area (Å²) in [7, 11) is 0. The van der Waals surface area contributed by atoms with Crippen LogP contribution < -0.4 is 5.63 Å². The molecule has 0 spiro atoms. The minimum Gasteiger partial charge on any atom is -0.507 e. The van der Waals surface area contributed by atoms with Crippen LogP contribution in [0.3, 0.4) is 0 Å². The molecule has 0 bridgehead atoms. The average Bonchev–Trinajstić information content (AvgIpc) is 2.38. The van der Waals surface area contributed by atoms with Crippen LogP contribution in [-0.2, 0) is 0 Å². The molecule has 0 amide bonds. The van der Waals surface area contributed by atoms with E-state index in [9.17, 15) is 14.7 Å². The Bertz CT molecular complexity index is 830. The van der Waals surface area contributed by atoms with Crippen molar-refractivity contribution in [2.75, 3.05) is 0 Å². The maximum atomic E-state index is 11.7. The SMILES string of the molecule is O=Cc1cc2c(cc1O)oc(=O)c1ccccc12. The summed E-state index contributed by atoms with van der Waals surface area (Å²) in [6.45, 7) is 0. The Morgan fingerprint density at radius 1 is 1.06 bits per heavy atom. The number of carbonyl (C=O) groups is 1. The van der Waals surface area contributed by atoms with Crippen molar-refractivity contribution in [1.82, 2.24) is 0 Å². The van der Waals surface area contributed by atoms with Crippen LogP contribution in [-0.4, -0.2) is 11.4 Å². The predicted octanol–water partition coefficient (Wildman–Crippen LogP) is 2.46. The van der Waals surface area contributed by atoms with E-state index < -0.39 is 5.63 Å². The average molecular weight is 240 g/mol. The van der Waals surface area contributed by atoms with Crippen LogP contribution >= 0.6 is 0 Å². The summed E-state index contributed by atoms with van der Waals surface area (Å²) in [6.07, 6.45) is 0.564. The van der Waals surface area contributed by atoms with E-state index in [1.54, 1.807) is 24.3 Å². The predicted molar refractivity (Wildman–Crippen MR) is 67.0 cm³/mol. The largest absolute Gasteiger partial charge is 0.507 e. The highest BCUT2D eigenvalue weighted by atomic mass is 16.4. The molecule has 0 aliphatic carbocycles. The lowest BCUT2D eigenvalue weighted by atomic mass is 10.1. The van der Waals surface area contributed by atoms with Crippen LogP contribution in [0.2, 0.25) is 0 Å². The van der Waals surface area contributed by atoms with Crippen molar-refractivity contribution in [3.05, 3.63) is 52.4 Å². The lowest BCUT2D eigenvalue weighted by molar-refractivity contribution is 0.112. The Morgan fingerprint density at radius 3 is 2.50 bits per heavy atom. The molecule has 0 unspecified atom stereocenters. The van der Waals surface area contributed by atoms with Gasteiger partial charge in [-0.3, -0.25) is 4.79 Å². The Hall–Kier alpha value is -2.62. The second-order valence-electron chi connectivity index (χ2n) is 3.96. The van der Waals surface area contributed by atoms with Crippen molar-refractivity contribution in [2.24, 2.45) is 0 Å². The normalized spacial score (nSPS) is 10.9. The van der Waals surface area contributed by atoms with Gasteiger partial charge < -0.3 is 9.52 Å². The van der Waals surface area contributed by atoms with Gasteiger partial charge in [-0.05, 0) is 17.5 Å². The Morgan fingerprint density at radius 2 is 1.78 bits per heavy atom. The van der Waals surface area contributed by atoms with Gasteiger partial charge in [0.15, 0.2) is 6.29 Å². The summed E-state index contributed by atoms with van der Waals surface area (Å²) < 4.78 is 5.12. The zero-order chi connectivity index (χ0) is 12.7. The summed E-state index contributed by atoms with van der Waals surface area (Å²) in [5, 5.41) is 11.4. The van der Waals surface area contributed by atoms with Crippen molar-refractivity contribution in [3.63, 3.8) is 0 Å². The monoisotopic (exact) mass is 240 g/mol. The van der Waals surface area contributed by atoms with Gasteiger partial charge in [-0.1, -0.05) is 18.2 Å². The fourth-order valence-corrected chi connectivity index (χ4v) is 2.03. The molecular formula is C14H8O4. The highest BCUT2D eigenvalue weighted by Crippen LogP contribution is 2.28. The van der Waals surface area contributed by atoms with Gasteiger partial charge in [-0.15, -0.1) is 0 Å². The standard InChI is InChI=1S/C14H8O4/c15-7-8-5-11-9-3-1-2-4-10(9)14(17)18-13(11)6-12(8)16/h1-7,16H. The summed E-state index contributed by atoms with van der Waals surface area (Å²) in [6, 6.07) is 9.78. The first-order valence-corrected chi connectivity index (χ1v) is 5.34. The topological polar surface area (TPSA) is 67.5 Å². The highest BCUT2D eigenvalue weighted by Gasteiger charge is 2.10. The minimum absolute atomic E-state index is 0.168. The third-order valence-corrected chi connectivity index (χ3v) is 2.90. The lowest BCUT2D eigenvalue weighted by Crippen LogP contribution is -1.99. The number of phenols is 1. The molecule has 4 heteroatoms. The molecule has 0 aliphatic rings. The van der Waals surface area contributed by atoms with Crippen molar-refractivity contribution >= 4 is 28.0 Å². The first-order chi connectivity index (χ1) is 8.70. The number of phenolic OH excluding ortho intramolecular Hbond substituents is 1. The quantitative estimate of drug-likeness (QED) is 0.403. The molecule has 18 heavy (non-hydrogen) atoms. The zero-order valence-corrected chi connectivity index (χ0v) is 9.21. The van der Waals surface area contributed by atoms with Gasteiger partial charge in [0.05, 0.1) is 10.9 Å². The molecule has 0 saturated carbocycles. The number of benzene rings is 2. The molecule has 0 saturated heterocycles. The van der Waals surface area contributed by atoms with E-state index in [2.05, 4.69) is 0 Å². The number of aldehydes is 1. The molecule has 0 atom stereocenters. The van der Waals surface area contributed by atoms with Crippen LogP contribution in [0.15, 0.2) is 45.6 Å². The van der Waals surface area contributed by atoms with Crippen molar-refractivity contribution < 1.29 is 14.3 Å². The second-order valence-corrected chi connectivity index (χ2v) is 3.96. The summed E-state index contributed by atoms with van der Waals surface area (Å²) in [5.74, 6) is -0.198. The molecule has 0 aliphatic heterocycles. The molecule has 3 rings (SSSR count). The van der Waals surface area contributed by atoms with Crippen molar-refractivity contribution in [3.8, 4) is 5.75 Å². The third-order valence-electron chi connectivity index (χ3n) is 2.90. The minimum atomic E-state index is -0.462. The maximum Gasteiger partial charge on any atom is 0.344 e. The van der Waals surface area contributed by atoms with Gasteiger partial charge in [-0.2, -0.15) is 0 Å². The van der Waals surface area contributed by atoms with Crippen molar-refractivity contribution in [1.29, 1.82) is 0 Å². The number of carbonyl (C=O) groups excluding carboxylic acids is 1. The van der Waals surface area contributed by atoms with E-state index in [1.807, 2.05) is 0 Å². The first kappa shape index (κ1) is 10.5. The van der Waals surface area contributed by atoms with E-state index in [4.69, 9.17) is 4.42 Å². The van der Waals surface area contributed by atoms with E-state index >= 15 is 0 Å². The molecule has 0 radical (unpaired) electrons. The number of hydrogen-bond acceptors (Lipinski definition) is 4. The Kier molecular flexibility index (Phi) is 2.16. The number of fused-ring (bicyclic) bond motifs is 3. The van der Waals surface area contributed by atoms with Crippen LogP contribution in [0.25, 0.3) is 21.7 Å². The third kappa shape index (κ3) is 1.39. The number of rotatable bonds is 1. The van der Waals surface area contributed by atoms with Gasteiger partial charge in [0.1, 0.15) is 11.3 Å². The molecule has 4 nitrogen and oxygen atoms in total. The summed E-state index contributed by atoms with van der Waals surface area (Å²) in [4.78, 5) is 22.6. The molecule has 2 aromatic carbocycles. The van der Waals surface area contributed by atoms with Crippen LogP contribution in [0, 0.1) is 0 Å². The second kappa shape index (κ2) is 3.70. The van der Waals surface area contributed by atoms with Gasteiger partial charge >= 0.3 is 5.63 Å². The summed E-state index contributed by atoms with van der Waals surface area (Å²) in [5.41, 5.74) is -0.0281. The van der Waals surface area contributed by atoms with E-state index in [-0.39, 0.29) is 16.9 Å². The number of hydrogen-bond donors (Lipinski definition) is 1. The summed E-state index contributed by atoms with van der Waals surface area (Å²) >= 11 is 0. The Labute approximate surface area is 101 Å². The lowest BCUT2D eigenvalue weighted by Gasteiger charge is -2.04. The van der Waals surface area contributed by atoms with E-state index in [1.165, 1.54) is 12.1 Å². The highest BCUT2D eigenvalue weighted by molar-refractivity contribution is 6.06. The fraction of sp³-hybridized carbons (Fsp3) is 0. The van der Waals surface area contributed by atoms with Gasteiger partial charge in [0, 0.05) is 11.5 Å². The maximum absolute atomic E-state index is 11.7. The van der Waals surface area contributed by atoms with Crippen LogP contribution in [0.4, 0.5) is 0 Å². The van der Waals surface area contributed by atoms with Crippen LogP contribution in [0.1, 0.15) is 10.4 Å². The van der Waals surface area contributed by atoms with Gasteiger partial charge in [0.25, 0.3) is 0 Å². The molecule has 1 heterocycles. The van der Waals surface area contributed by atoms with Gasteiger partial charge in [0.2, 0.25) is 0 Å². The fourth-order valence-electron chi connectivity index (χ4n) is 2.03. The molecule has 1 aromatic heterocycles. The zero-order valence-electron chi connectivity index (χ0n) is 9.21. The molecule has 0 fully saturated rings. The van der Waals surface area contributed by atoms with E-state index in [0.717, 1.165) is 0 Å². The molecule has 1 N–H and O–H groups in total. The van der Waals surface area contributed by atoms with E-state index in [0.29, 0.717) is 22.4 Å². The van der Waals surface area contributed by atoms with Crippen molar-refractivity contribution in [2.45, 2.75) is 0 Å². The van der Waals surface area contributed by atoms with Crippen LogP contribution in [0.5, 0.6) is 5.75 Å². The Balaban J connectivity index is 2.60. The smallest absolute Gasteiger partial charge is 0.344 e. The number of aromatic hydroxyl groups is 1.